The molecule has 0 atom stereocenters. The highest BCUT2D eigenvalue weighted by molar-refractivity contribution is 7.15. The largest absolute Gasteiger partial charge is 0.131 e. The smallest absolute Gasteiger partial charge is 0.101 e. The molecule has 0 unspecified atom stereocenters. The van der Waals surface area contributed by atoms with E-state index in [-0.39, 0.29) is 0 Å². The molecule has 72 valence electrons. The van der Waals surface area contributed by atoms with E-state index in [9.17, 15) is 0 Å². The van der Waals surface area contributed by atoms with Crippen LogP contribution in [0.25, 0.3) is 11.1 Å². The maximum atomic E-state index is 6.01. The van der Waals surface area contributed by atoms with Crippen molar-refractivity contribution in [3.8, 4) is 11.1 Å². The molecule has 2 rings (SSSR count). The first kappa shape index (κ1) is 10.3. The van der Waals surface area contributed by atoms with Gasteiger partial charge < -0.3 is 0 Å². The van der Waals surface area contributed by atoms with Crippen LogP contribution in [-0.2, 0) is 0 Å². The van der Waals surface area contributed by atoms with Gasteiger partial charge in [-0.25, -0.2) is 0 Å². The van der Waals surface area contributed by atoms with Crippen LogP contribution in [0.5, 0.6) is 0 Å². The molecule has 0 nitrogen and oxygen atoms in total. The highest BCUT2D eigenvalue weighted by atomic mass is 35.5. The summed E-state index contributed by atoms with van der Waals surface area (Å²) in [6.07, 6.45) is 0. The second kappa shape index (κ2) is 4.11. The van der Waals surface area contributed by atoms with Crippen molar-refractivity contribution in [1.29, 1.82) is 0 Å². The minimum Gasteiger partial charge on any atom is -0.131 e. The summed E-state index contributed by atoms with van der Waals surface area (Å²) in [5.41, 5.74) is 1.99. The van der Waals surface area contributed by atoms with Gasteiger partial charge in [-0.2, -0.15) is 0 Å². The van der Waals surface area contributed by atoms with Gasteiger partial charge in [-0.1, -0.05) is 40.9 Å². The number of benzene rings is 1. The Balaban J connectivity index is 2.53. The van der Waals surface area contributed by atoms with Crippen molar-refractivity contribution in [2.45, 2.75) is 0 Å². The molecule has 1 aromatic heterocycles. The predicted octanol–water partition coefficient (Wildman–Crippen LogP) is 5.38. The number of thiophene rings is 1. The van der Waals surface area contributed by atoms with Gasteiger partial charge in [0.25, 0.3) is 0 Å². The van der Waals surface area contributed by atoms with Crippen LogP contribution < -0.4 is 0 Å². The molecule has 0 aliphatic carbocycles. The molecule has 1 aromatic carbocycles. The summed E-state index contributed by atoms with van der Waals surface area (Å²) in [6.45, 7) is 0. The van der Waals surface area contributed by atoms with Crippen LogP contribution in [0.3, 0.4) is 0 Å². The highest BCUT2D eigenvalue weighted by Gasteiger charge is 2.06. The summed E-state index contributed by atoms with van der Waals surface area (Å²) in [5, 5.41) is 3.05. The minimum absolute atomic E-state index is 0.548. The van der Waals surface area contributed by atoms with Crippen molar-refractivity contribution < 1.29 is 0 Å². The van der Waals surface area contributed by atoms with Crippen LogP contribution in [0.1, 0.15) is 0 Å². The van der Waals surface area contributed by atoms with Crippen LogP contribution in [0.15, 0.2) is 29.6 Å². The molecule has 0 amide bonds. The van der Waals surface area contributed by atoms with Crippen LogP contribution in [-0.4, -0.2) is 0 Å². The fourth-order valence-corrected chi connectivity index (χ4v) is 2.43. The monoisotopic (exact) mass is 262 g/mol. The van der Waals surface area contributed by atoms with Gasteiger partial charge in [0.05, 0.1) is 10.0 Å². The van der Waals surface area contributed by atoms with E-state index in [0.717, 1.165) is 15.5 Å². The third-order valence-corrected chi connectivity index (χ3v) is 3.76. The molecule has 0 saturated carbocycles. The first-order chi connectivity index (χ1) is 6.68. The molecule has 0 N–H and O–H groups in total. The van der Waals surface area contributed by atoms with Gasteiger partial charge in [0, 0.05) is 5.56 Å². The minimum atomic E-state index is 0.548. The van der Waals surface area contributed by atoms with Gasteiger partial charge in [-0.3, -0.25) is 0 Å². The predicted molar refractivity (Wildman–Crippen MR) is 64.8 cm³/mol. The Morgan fingerprint density at radius 2 is 1.71 bits per heavy atom. The van der Waals surface area contributed by atoms with Crippen molar-refractivity contribution in [2.24, 2.45) is 0 Å². The normalized spacial score (nSPS) is 10.5. The molecule has 0 spiro atoms. The zero-order valence-electron chi connectivity index (χ0n) is 6.93. The second-order valence-corrected chi connectivity index (χ2v) is 5.07. The molecule has 1 heterocycles. The fraction of sp³-hybridized carbons (Fsp3) is 0. The summed E-state index contributed by atoms with van der Waals surface area (Å²) in [7, 11) is 0. The standard InChI is InChI=1S/C10H5Cl3S/c11-8-2-1-6(5-9(8)12)7-3-4-14-10(7)13/h1-5H. The summed E-state index contributed by atoms with van der Waals surface area (Å²) in [5.74, 6) is 0. The second-order valence-electron chi connectivity index (χ2n) is 2.74. The Kier molecular flexibility index (Phi) is 3.03. The lowest BCUT2D eigenvalue weighted by Gasteiger charge is -2.01. The first-order valence-electron chi connectivity index (χ1n) is 3.87. The zero-order chi connectivity index (χ0) is 10.1. The van der Waals surface area contributed by atoms with Crippen molar-refractivity contribution in [2.75, 3.05) is 0 Å². The molecule has 0 bridgehead atoms. The topological polar surface area (TPSA) is 0 Å². The molecule has 14 heavy (non-hydrogen) atoms. The van der Waals surface area contributed by atoms with Crippen LogP contribution in [0, 0.1) is 0 Å². The van der Waals surface area contributed by atoms with Gasteiger partial charge in [0.15, 0.2) is 0 Å². The van der Waals surface area contributed by atoms with E-state index in [4.69, 9.17) is 34.8 Å². The third-order valence-electron chi connectivity index (χ3n) is 1.85. The Hall–Kier alpha value is -0.210. The van der Waals surface area contributed by atoms with E-state index >= 15 is 0 Å². The van der Waals surface area contributed by atoms with E-state index in [2.05, 4.69) is 0 Å². The van der Waals surface area contributed by atoms with E-state index < -0.39 is 0 Å². The Morgan fingerprint density at radius 3 is 2.29 bits per heavy atom. The molecule has 0 radical (unpaired) electrons. The summed E-state index contributed by atoms with van der Waals surface area (Å²) < 4.78 is 0.767. The number of rotatable bonds is 1. The van der Waals surface area contributed by atoms with E-state index in [1.54, 1.807) is 6.07 Å². The van der Waals surface area contributed by atoms with Crippen molar-refractivity contribution in [3.05, 3.63) is 44.0 Å². The van der Waals surface area contributed by atoms with E-state index in [0.29, 0.717) is 10.0 Å². The summed E-state index contributed by atoms with van der Waals surface area (Å²) in [4.78, 5) is 0. The lowest BCUT2D eigenvalue weighted by molar-refractivity contribution is 1.67. The molecule has 0 aliphatic rings. The molecule has 0 saturated heterocycles. The highest BCUT2D eigenvalue weighted by Crippen LogP contribution is 2.35. The molecule has 2 aromatic rings. The van der Waals surface area contributed by atoms with Gasteiger partial charge in [-0.15, -0.1) is 11.3 Å². The van der Waals surface area contributed by atoms with Crippen molar-refractivity contribution in [3.63, 3.8) is 0 Å². The first-order valence-corrected chi connectivity index (χ1v) is 5.88. The van der Waals surface area contributed by atoms with Gasteiger partial charge in [0.1, 0.15) is 4.34 Å². The maximum absolute atomic E-state index is 6.01. The Labute approximate surface area is 101 Å². The van der Waals surface area contributed by atoms with Gasteiger partial charge >= 0.3 is 0 Å². The average molecular weight is 264 g/mol. The summed E-state index contributed by atoms with van der Waals surface area (Å²) in [6, 6.07) is 7.46. The average Bonchev–Trinajstić information content (AvgIpc) is 2.57. The van der Waals surface area contributed by atoms with Crippen molar-refractivity contribution >= 4 is 46.1 Å². The lowest BCUT2D eigenvalue weighted by atomic mass is 10.1. The van der Waals surface area contributed by atoms with Crippen LogP contribution in [0.4, 0.5) is 0 Å². The molecular formula is C10H5Cl3S. The van der Waals surface area contributed by atoms with Crippen molar-refractivity contribution in [1.82, 2.24) is 0 Å². The molecule has 0 fully saturated rings. The Morgan fingerprint density at radius 1 is 0.929 bits per heavy atom. The van der Waals surface area contributed by atoms with Gasteiger partial charge in [0.2, 0.25) is 0 Å². The fourth-order valence-electron chi connectivity index (χ4n) is 1.16. The zero-order valence-corrected chi connectivity index (χ0v) is 10.0. The van der Waals surface area contributed by atoms with Gasteiger partial charge in [-0.05, 0) is 29.1 Å². The SMILES string of the molecule is Clc1ccc(-c2ccsc2Cl)cc1Cl. The third kappa shape index (κ3) is 1.91. The molecule has 4 heteroatoms. The quantitative estimate of drug-likeness (QED) is 0.648. The Bertz CT molecular complexity index is 462. The number of halogens is 3. The lowest BCUT2D eigenvalue weighted by Crippen LogP contribution is -1.75. The number of hydrogen-bond acceptors (Lipinski definition) is 1. The van der Waals surface area contributed by atoms with Crippen LogP contribution in [0.2, 0.25) is 14.4 Å². The maximum Gasteiger partial charge on any atom is 0.101 e. The van der Waals surface area contributed by atoms with E-state index in [1.807, 2.05) is 23.6 Å². The summed E-state index contributed by atoms with van der Waals surface area (Å²) >= 11 is 19.2. The van der Waals surface area contributed by atoms with E-state index in [1.165, 1.54) is 11.3 Å². The van der Waals surface area contributed by atoms with Crippen LogP contribution >= 0.6 is 46.1 Å². The molecule has 0 aliphatic heterocycles. The molecular weight excluding hydrogens is 259 g/mol. The number of hydrogen-bond donors (Lipinski definition) is 0.